The molecule has 7 rings (SSSR count). The van der Waals surface area contributed by atoms with Crippen LogP contribution in [-0.2, 0) is 54.9 Å². The number of hydrogen-bond donors (Lipinski definition) is 6. The Morgan fingerprint density at radius 2 is 1.15 bits per heavy atom. The minimum absolute atomic E-state index is 0.00986. The number of aromatic nitrogens is 6. The number of aliphatic hydroxyl groups excluding tert-OH is 4. The van der Waals surface area contributed by atoms with E-state index in [0.29, 0.717) is 23.4 Å². The topological polar surface area (TPSA) is 332 Å². The fraction of sp³-hybridized carbons (Fsp3) is 0.608. The molecule has 2 fully saturated rings. The van der Waals surface area contributed by atoms with Crippen LogP contribution in [-0.4, -0.2) is 132 Å². The quantitative estimate of drug-likeness (QED) is 0.0227. The van der Waals surface area contributed by atoms with E-state index in [-0.39, 0.29) is 36.2 Å². The molecule has 408 valence electrons. The minimum Gasteiger partial charge on any atom is -0.497 e. The molecule has 8 N–H and O–H groups in total. The Kier molecular flexibility index (Phi) is 20.7. The molecule has 23 nitrogen and oxygen atoms in total. The van der Waals surface area contributed by atoms with Crippen LogP contribution in [0.3, 0.4) is 0 Å². The fourth-order valence-corrected chi connectivity index (χ4v) is 10.6. The van der Waals surface area contributed by atoms with Crippen molar-refractivity contribution in [2.24, 2.45) is 0 Å². The number of unbranched alkanes of at least 4 members (excludes halogenated alkanes) is 13. The molecule has 75 heavy (non-hydrogen) atoms. The first-order valence-electron chi connectivity index (χ1n) is 25.8. The van der Waals surface area contributed by atoms with Crippen molar-refractivity contribution in [2.45, 2.75) is 157 Å². The smallest absolute Gasteiger partial charge is 0.475 e. The van der Waals surface area contributed by atoms with E-state index >= 15 is 0 Å². The highest BCUT2D eigenvalue weighted by atomic mass is 31.2. The van der Waals surface area contributed by atoms with Crippen LogP contribution in [0.5, 0.6) is 5.75 Å². The molecular weight excluding hydrogens is 992 g/mol. The molecule has 2 aliphatic heterocycles. The van der Waals surface area contributed by atoms with Crippen molar-refractivity contribution < 1.29 is 62.2 Å². The van der Waals surface area contributed by atoms with Crippen molar-refractivity contribution in [3.8, 4) is 17.9 Å². The van der Waals surface area contributed by atoms with Crippen LogP contribution in [0.25, 0.3) is 11.0 Å². The van der Waals surface area contributed by atoms with E-state index in [1.807, 2.05) is 24.3 Å². The van der Waals surface area contributed by atoms with Gasteiger partial charge >= 0.3 is 7.82 Å². The van der Waals surface area contributed by atoms with Crippen molar-refractivity contribution in [3.05, 3.63) is 78.1 Å². The van der Waals surface area contributed by atoms with Gasteiger partial charge in [-0.1, -0.05) is 103 Å². The van der Waals surface area contributed by atoms with Gasteiger partial charge < -0.3 is 55.6 Å². The van der Waals surface area contributed by atoms with Gasteiger partial charge in [0, 0.05) is 6.61 Å². The third-order valence-electron chi connectivity index (χ3n) is 13.8. The number of aliphatic hydroxyl groups is 4. The van der Waals surface area contributed by atoms with Gasteiger partial charge in [-0.25, -0.2) is 23.6 Å². The number of methoxy groups -OCH3 is 1. The molecule has 0 spiro atoms. The molecule has 9 atom stereocenters. The summed E-state index contributed by atoms with van der Waals surface area (Å²) in [7, 11) is -3.35. The molecule has 0 saturated carbocycles. The highest BCUT2D eigenvalue weighted by molar-refractivity contribution is 7.48. The molecule has 0 aliphatic carbocycles. The second-order valence-corrected chi connectivity index (χ2v) is 20.7. The predicted octanol–water partition coefficient (Wildman–Crippen LogP) is 5.57. The average molecular weight is 1060 g/mol. The lowest BCUT2D eigenvalue weighted by Crippen LogP contribution is -2.41. The molecule has 2 saturated heterocycles. The Bertz CT molecular complexity index is 2590. The van der Waals surface area contributed by atoms with Gasteiger partial charge in [-0.3, -0.25) is 13.6 Å². The van der Waals surface area contributed by atoms with E-state index in [1.54, 1.807) is 19.2 Å². The number of nitrogen functional groups attached to an aromatic ring is 2. The molecule has 1 aromatic carbocycles. The first-order valence-corrected chi connectivity index (χ1v) is 27.2. The van der Waals surface area contributed by atoms with E-state index in [9.17, 15) is 35.5 Å². The summed E-state index contributed by atoms with van der Waals surface area (Å²) in [4.78, 5) is 7.91. The summed E-state index contributed by atoms with van der Waals surface area (Å²) < 4.78 is 64.9. The van der Waals surface area contributed by atoms with Crippen LogP contribution in [0.4, 0.5) is 11.6 Å². The maximum absolute atomic E-state index is 14.9. The number of hydrogen-bond acceptors (Lipinski definition) is 21. The van der Waals surface area contributed by atoms with Crippen LogP contribution in [0.1, 0.15) is 114 Å². The number of rotatable bonds is 32. The van der Waals surface area contributed by atoms with Crippen LogP contribution < -0.4 is 16.2 Å². The van der Waals surface area contributed by atoms with Gasteiger partial charge in [0.2, 0.25) is 11.2 Å². The Labute approximate surface area is 436 Å². The highest BCUT2D eigenvalue weighted by Gasteiger charge is 2.59. The maximum atomic E-state index is 14.9. The van der Waals surface area contributed by atoms with Crippen LogP contribution in [0.15, 0.2) is 61.2 Å². The Morgan fingerprint density at radius 3 is 1.60 bits per heavy atom. The van der Waals surface area contributed by atoms with E-state index in [1.165, 1.54) is 97.5 Å². The lowest BCUT2D eigenvalue weighted by molar-refractivity contribution is -0.0802. The molecule has 4 aromatic heterocycles. The Hall–Kier alpha value is -5.37. The summed E-state index contributed by atoms with van der Waals surface area (Å²) in [6.45, 7) is 0.743. The van der Waals surface area contributed by atoms with Crippen LogP contribution in [0.2, 0.25) is 0 Å². The molecule has 2 aliphatic rings. The first-order chi connectivity index (χ1) is 36.3. The van der Waals surface area contributed by atoms with Gasteiger partial charge in [-0.15, -0.1) is 0 Å². The standard InChI is InChI=1S/C51H71N10O13P/c1-3-4-5-6-7-8-9-10-11-12-13-14-15-16-25-68-27-37(69-26-35-17-19-36(67-2)20-18-35)28-70-75(66,71-29-40-44(62)46(64)50(31-52,73-40)42-23-21-38-48(54)56-33-58-60(38)42)72-30-41-45(63)47(65)51(32-53,74-41)43-24-22-39-49(55)57-34-59-61(39)43/h17-24,33-34,37,40-41,44-47,62-65H,3-16,25-30H2,1-2H3,(H2,54,56,58)(H2,55,57,59)/t37-,40-,41-,44-,45-,46-,47-,50+,51+/m1/s1. The second-order valence-electron chi connectivity index (χ2n) is 19.0. The van der Waals surface area contributed by atoms with Gasteiger partial charge in [0.05, 0.1) is 51.5 Å². The van der Waals surface area contributed by atoms with Gasteiger partial charge in [0.1, 0.15) is 84.3 Å². The molecule has 5 aromatic rings. The van der Waals surface area contributed by atoms with E-state index < -0.39 is 81.6 Å². The average Bonchev–Trinajstić information content (AvgIpc) is 4.21. The minimum atomic E-state index is -4.91. The van der Waals surface area contributed by atoms with Gasteiger partial charge in [0.25, 0.3) is 0 Å². The SMILES string of the molecule is CCCCCCCCCCCCCCCCOC[C@H](COP(=O)(OC[C@H]1O[C@@](C#N)(c2ccc3c(N)ncnn23)[C@H](O)[C@@H]1O)OC[C@H]1O[C@@](C#N)(c2ccc3c(N)ncnn23)[C@H](O)[C@@H]1O)OCc1ccc(OC)cc1. The summed E-state index contributed by atoms with van der Waals surface area (Å²) in [5.41, 5.74) is 9.01. The number of fused-ring (bicyclic) bond motifs is 2. The van der Waals surface area contributed by atoms with Crippen LogP contribution in [0, 0.1) is 22.7 Å². The summed E-state index contributed by atoms with van der Waals surface area (Å²) in [6.07, 6.45) is 8.03. The van der Waals surface area contributed by atoms with E-state index in [0.717, 1.165) is 43.9 Å². The van der Waals surface area contributed by atoms with Crippen molar-refractivity contribution >= 4 is 30.5 Å². The van der Waals surface area contributed by atoms with Crippen molar-refractivity contribution in [3.63, 3.8) is 0 Å². The number of nitriles is 2. The zero-order chi connectivity index (χ0) is 53.4. The number of nitrogens with two attached hydrogens (primary N) is 2. The normalized spacial score (nSPS) is 24.2. The maximum Gasteiger partial charge on any atom is 0.475 e. The van der Waals surface area contributed by atoms with Crippen molar-refractivity contribution in [1.29, 1.82) is 10.5 Å². The molecular formula is C51H71N10O13P. The number of phosphoric ester groups is 1. The van der Waals surface area contributed by atoms with Crippen LogP contribution >= 0.6 is 7.82 Å². The number of benzene rings is 1. The third kappa shape index (κ3) is 13.6. The number of phosphoric acid groups is 1. The number of nitrogens with zero attached hydrogens (tertiary/aromatic N) is 8. The van der Waals surface area contributed by atoms with Crippen molar-refractivity contribution in [1.82, 2.24) is 29.2 Å². The van der Waals surface area contributed by atoms with Gasteiger partial charge in [-0.05, 0) is 48.4 Å². The lowest BCUT2D eigenvalue weighted by Gasteiger charge is -2.26. The Morgan fingerprint density at radius 1 is 0.680 bits per heavy atom. The Balaban J connectivity index is 1.03. The monoisotopic (exact) mass is 1060 g/mol. The fourth-order valence-electron chi connectivity index (χ4n) is 9.41. The molecule has 0 bridgehead atoms. The highest BCUT2D eigenvalue weighted by Crippen LogP contribution is 2.52. The third-order valence-corrected chi connectivity index (χ3v) is 15.2. The summed E-state index contributed by atoms with van der Waals surface area (Å²) in [5.74, 6) is 0.809. The number of anilines is 2. The largest absolute Gasteiger partial charge is 0.497 e. The van der Waals surface area contributed by atoms with Gasteiger partial charge in [0.15, 0.2) is 11.6 Å². The molecule has 0 unspecified atom stereocenters. The molecule has 0 radical (unpaired) electrons. The molecule has 24 heteroatoms. The number of ether oxygens (including phenoxy) is 5. The lowest BCUT2D eigenvalue weighted by atomic mass is 9.92. The molecule has 6 heterocycles. The van der Waals surface area contributed by atoms with Gasteiger partial charge in [-0.2, -0.15) is 20.7 Å². The zero-order valence-electron chi connectivity index (χ0n) is 42.6. The van der Waals surface area contributed by atoms with Crippen molar-refractivity contribution in [2.75, 3.05) is 51.6 Å². The second kappa shape index (κ2) is 27.1. The molecule has 0 amide bonds. The summed E-state index contributed by atoms with van der Waals surface area (Å²) >= 11 is 0. The van der Waals surface area contributed by atoms with E-state index in [4.69, 9.17) is 48.7 Å². The summed E-state index contributed by atoms with van der Waals surface area (Å²) in [6, 6.07) is 17.0. The summed E-state index contributed by atoms with van der Waals surface area (Å²) in [5, 5.41) is 74.9. The predicted molar refractivity (Wildman–Crippen MR) is 271 cm³/mol. The first kappa shape index (κ1) is 57.3. The zero-order valence-corrected chi connectivity index (χ0v) is 43.5. The van der Waals surface area contributed by atoms with E-state index in [2.05, 4.69) is 27.1 Å².